The molecule has 2 aliphatic heterocycles. The lowest BCUT2D eigenvalue weighted by Crippen LogP contribution is -2.48. The second-order valence-corrected chi connectivity index (χ2v) is 7.27. The Hall–Kier alpha value is -2.70. The first-order valence-corrected chi connectivity index (χ1v) is 9.68. The second-order valence-electron chi connectivity index (χ2n) is 7.27. The van der Waals surface area contributed by atoms with Crippen LogP contribution in [-0.4, -0.2) is 67.9 Å². The molecule has 6 nitrogen and oxygen atoms in total. The Morgan fingerprint density at radius 3 is 2.32 bits per heavy atom. The van der Waals surface area contributed by atoms with Gasteiger partial charge >= 0.3 is 0 Å². The summed E-state index contributed by atoms with van der Waals surface area (Å²) >= 11 is 0. The number of hydrogen-bond donors (Lipinski definition) is 0. The van der Waals surface area contributed by atoms with Gasteiger partial charge in [0.2, 0.25) is 0 Å². The summed E-state index contributed by atoms with van der Waals surface area (Å²) in [6.45, 7) is 6.23. The highest BCUT2D eigenvalue weighted by molar-refractivity contribution is 6.52. The van der Waals surface area contributed by atoms with Crippen LogP contribution in [0.3, 0.4) is 0 Å². The number of carbonyl (C=O) groups is 2. The van der Waals surface area contributed by atoms with Crippen LogP contribution in [-0.2, 0) is 11.3 Å². The molecule has 1 fully saturated rings. The van der Waals surface area contributed by atoms with E-state index in [4.69, 9.17) is 4.74 Å². The topological polar surface area (TPSA) is 53.1 Å². The molecule has 1 amide bonds. The predicted molar refractivity (Wildman–Crippen MR) is 108 cm³/mol. The molecule has 2 aliphatic rings. The molecule has 0 radical (unpaired) electrons. The van der Waals surface area contributed by atoms with Crippen molar-refractivity contribution >= 4 is 17.4 Å². The summed E-state index contributed by atoms with van der Waals surface area (Å²) in [6, 6.07) is 15.8. The predicted octanol–water partition coefficient (Wildman–Crippen LogP) is 2.04. The standard InChI is InChI=1S/C22H25N3O3/c1-28-18-7-8-20-19(15-18)21(26)22(27)25(20)14-13-23-9-11-24(12-10-23)16-17-5-3-2-4-6-17/h2-8,15H,9-14,16H2,1H3. The highest BCUT2D eigenvalue weighted by atomic mass is 16.5. The number of piperazine rings is 1. The van der Waals surface area contributed by atoms with E-state index in [9.17, 15) is 9.59 Å². The number of amides is 1. The van der Waals surface area contributed by atoms with Crippen molar-refractivity contribution in [1.29, 1.82) is 0 Å². The van der Waals surface area contributed by atoms with Crippen LogP contribution in [0.4, 0.5) is 5.69 Å². The zero-order chi connectivity index (χ0) is 19.5. The number of hydrogen-bond acceptors (Lipinski definition) is 5. The SMILES string of the molecule is COc1ccc2c(c1)C(=O)C(=O)N2CCN1CCN(Cc2ccccc2)CC1. The fourth-order valence-electron chi connectivity index (χ4n) is 3.88. The summed E-state index contributed by atoms with van der Waals surface area (Å²) in [5.74, 6) is -0.288. The van der Waals surface area contributed by atoms with Crippen LogP contribution in [0.1, 0.15) is 15.9 Å². The van der Waals surface area contributed by atoms with Crippen LogP contribution in [0.15, 0.2) is 48.5 Å². The largest absolute Gasteiger partial charge is 0.497 e. The maximum absolute atomic E-state index is 12.4. The molecule has 28 heavy (non-hydrogen) atoms. The van der Waals surface area contributed by atoms with Gasteiger partial charge in [-0.2, -0.15) is 0 Å². The third-order valence-corrected chi connectivity index (χ3v) is 5.53. The van der Waals surface area contributed by atoms with E-state index in [2.05, 4.69) is 34.1 Å². The average Bonchev–Trinajstić information content (AvgIpc) is 2.98. The monoisotopic (exact) mass is 379 g/mol. The first-order chi connectivity index (χ1) is 13.7. The molecule has 0 spiro atoms. The molecule has 1 saturated heterocycles. The molecule has 146 valence electrons. The first-order valence-electron chi connectivity index (χ1n) is 9.68. The van der Waals surface area contributed by atoms with Crippen molar-refractivity contribution in [1.82, 2.24) is 9.80 Å². The molecule has 0 saturated carbocycles. The Balaban J connectivity index is 1.31. The molecule has 0 unspecified atom stereocenters. The summed E-state index contributed by atoms with van der Waals surface area (Å²) in [6.07, 6.45) is 0. The van der Waals surface area contributed by atoms with Crippen molar-refractivity contribution in [2.24, 2.45) is 0 Å². The molecular formula is C22H25N3O3. The highest BCUT2D eigenvalue weighted by Gasteiger charge is 2.36. The zero-order valence-electron chi connectivity index (χ0n) is 16.1. The summed E-state index contributed by atoms with van der Waals surface area (Å²) in [7, 11) is 1.55. The van der Waals surface area contributed by atoms with Gasteiger partial charge in [0.15, 0.2) is 0 Å². The fraction of sp³-hybridized carbons (Fsp3) is 0.364. The number of anilines is 1. The summed E-state index contributed by atoms with van der Waals surface area (Å²) in [4.78, 5) is 31.1. The van der Waals surface area contributed by atoms with E-state index >= 15 is 0 Å². The quantitative estimate of drug-likeness (QED) is 0.719. The van der Waals surface area contributed by atoms with Gasteiger partial charge in [-0.3, -0.25) is 19.4 Å². The Labute approximate surface area is 165 Å². The van der Waals surface area contributed by atoms with Gasteiger partial charge in [0.25, 0.3) is 11.7 Å². The van der Waals surface area contributed by atoms with Gasteiger partial charge in [0, 0.05) is 45.8 Å². The van der Waals surface area contributed by atoms with Gasteiger partial charge in [-0.25, -0.2) is 0 Å². The van der Waals surface area contributed by atoms with Crippen LogP contribution in [0.25, 0.3) is 0 Å². The highest BCUT2D eigenvalue weighted by Crippen LogP contribution is 2.31. The number of fused-ring (bicyclic) bond motifs is 1. The molecule has 0 aliphatic carbocycles. The third kappa shape index (κ3) is 3.79. The Morgan fingerprint density at radius 1 is 0.893 bits per heavy atom. The van der Waals surface area contributed by atoms with Crippen molar-refractivity contribution < 1.29 is 14.3 Å². The number of methoxy groups -OCH3 is 1. The van der Waals surface area contributed by atoms with Gasteiger partial charge in [-0.1, -0.05) is 30.3 Å². The van der Waals surface area contributed by atoms with Gasteiger partial charge < -0.3 is 9.64 Å². The molecule has 2 aromatic carbocycles. The second kappa shape index (κ2) is 8.12. The van der Waals surface area contributed by atoms with E-state index in [-0.39, 0.29) is 0 Å². The van der Waals surface area contributed by atoms with Gasteiger partial charge in [-0.15, -0.1) is 0 Å². The molecule has 2 aromatic rings. The fourth-order valence-corrected chi connectivity index (χ4v) is 3.88. The van der Waals surface area contributed by atoms with Crippen molar-refractivity contribution in [3.63, 3.8) is 0 Å². The molecule has 0 N–H and O–H groups in total. The number of nitrogens with zero attached hydrogens (tertiary/aromatic N) is 3. The Bertz CT molecular complexity index is 861. The lowest BCUT2D eigenvalue weighted by molar-refractivity contribution is -0.114. The number of carbonyl (C=O) groups excluding carboxylic acids is 2. The minimum absolute atomic E-state index is 0.439. The normalized spacial score (nSPS) is 17.8. The zero-order valence-corrected chi connectivity index (χ0v) is 16.1. The number of ether oxygens (including phenoxy) is 1. The minimum Gasteiger partial charge on any atom is -0.497 e. The van der Waals surface area contributed by atoms with E-state index in [1.54, 1.807) is 30.2 Å². The van der Waals surface area contributed by atoms with E-state index in [1.807, 2.05) is 6.07 Å². The molecule has 0 aromatic heterocycles. The Kier molecular flexibility index (Phi) is 5.41. The van der Waals surface area contributed by atoms with Crippen LogP contribution in [0, 0.1) is 0 Å². The lowest BCUT2D eigenvalue weighted by Gasteiger charge is -2.35. The van der Waals surface area contributed by atoms with Crippen LogP contribution >= 0.6 is 0 Å². The third-order valence-electron chi connectivity index (χ3n) is 5.53. The molecule has 0 bridgehead atoms. The number of ketones is 1. The average molecular weight is 379 g/mol. The maximum Gasteiger partial charge on any atom is 0.299 e. The van der Waals surface area contributed by atoms with E-state index in [0.29, 0.717) is 23.5 Å². The summed E-state index contributed by atoms with van der Waals surface area (Å²) in [5.41, 5.74) is 2.47. The van der Waals surface area contributed by atoms with Gasteiger partial charge in [0.05, 0.1) is 18.4 Å². The number of Topliss-reactive ketones (excluding diaryl/α,β-unsaturated/α-hetero) is 1. The number of rotatable bonds is 6. The van der Waals surface area contributed by atoms with Crippen LogP contribution < -0.4 is 9.64 Å². The van der Waals surface area contributed by atoms with Crippen molar-refractivity contribution in [2.45, 2.75) is 6.54 Å². The van der Waals surface area contributed by atoms with Crippen molar-refractivity contribution in [3.8, 4) is 5.75 Å². The molecular weight excluding hydrogens is 354 g/mol. The smallest absolute Gasteiger partial charge is 0.299 e. The van der Waals surface area contributed by atoms with Crippen molar-refractivity contribution in [2.75, 3.05) is 51.3 Å². The minimum atomic E-state index is -0.443. The Morgan fingerprint density at radius 2 is 1.61 bits per heavy atom. The number of benzene rings is 2. The van der Waals surface area contributed by atoms with E-state index < -0.39 is 11.7 Å². The van der Waals surface area contributed by atoms with Crippen LogP contribution in [0.2, 0.25) is 0 Å². The molecule has 2 heterocycles. The van der Waals surface area contributed by atoms with Gasteiger partial charge in [-0.05, 0) is 23.8 Å². The molecule has 0 atom stereocenters. The van der Waals surface area contributed by atoms with Crippen molar-refractivity contribution in [3.05, 3.63) is 59.7 Å². The lowest BCUT2D eigenvalue weighted by atomic mass is 10.1. The summed E-state index contributed by atoms with van der Waals surface area (Å²) in [5, 5.41) is 0. The molecule has 4 rings (SSSR count). The van der Waals surface area contributed by atoms with E-state index in [1.165, 1.54) is 5.56 Å². The van der Waals surface area contributed by atoms with Crippen LogP contribution in [0.5, 0.6) is 5.75 Å². The first kappa shape index (κ1) is 18.7. The molecule has 6 heteroatoms. The van der Waals surface area contributed by atoms with Gasteiger partial charge in [0.1, 0.15) is 5.75 Å². The summed E-state index contributed by atoms with van der Waals surface area (Å²) < 4.78 is 5.17. The maximum atomic E-state index is 12.4. The van der Waals surface area contributed by atoms with E-state index in [0.717, 1.165) is 39.3 Å².